The lowest BCUT2D eigenvalue weighted by molar-refractivity contribution is 1.01. The van der Waals surface area contributed by atoms with Crippen molar-refractivity contribution in [3.63, 3.8) is 0 Å². The van der Waals surface area contributed by atoms with Crippen LogP contribution in [-0.4, -0.2) is 31.5 Å². The first-order valence-electron chi connectivity index (χ1n) is 9.85. The molecule has 0 fully saturated rings. The topological polar surface area (TPSA) is 79.4 Å². The van der Waals surface area contributed by atoms with Gasteiger partial charge in [0, 0.05) is 65.6 Å². The Bertz CT molecular complexity index is 1210. The molecule has 146 valence electrons. The molecular formula is C24H20N6. The molecule has 2 N–H and O–H groups in total. The molecule has 0 aliphatic rings. The molecule has 1 aromatic carbocycles. The van der Waals surface area contributed by atoms with Gasteiger partial charge in [0.25, 0.3) is 0 Å². The van der Waals surface area contributed by atoms with Gasteiger partial charge in [0.05, 0.1) is 5.69 Å². The van der Waals surface area contributed by atoms with Gasteiger partial charge in [0.1, 0.15) is 5.82 Å². The van der Waals surface area contributed by atoms with E-state index in [1.54, 1.807) is 24.8 Å². The van der Waals surface area contributed by atoms with E-state index in [0.717, 1.165) is 41.1 Å². The van der Waals surface area contributed by atoms with Crippen molar-refractivity contribution in [1.82, 2.24) is 24.9 Å². The van der Waals surface area contributed by atoms with E-state index in [0.29, 0.717) is 5.82 Å². The standard InChI is InChI=1S/C24H20N6/c1-2-4-21-20(3-1)19(16-28-21)9-14-27-23-15-22(17-5-10-25-11-6-17)29-24(30-23)18-7-12-26-13-8-18/h1-8,10-13,15-16,28H,9,14H2,(H,27,29,30). The summed E-state index contributed by atoms with van der Waals surface area (Å²) >= 11 is 0. The molecule has 0 atom stereocenters. The predicted molar refractivity (Wildman–Crippen MR) is 119 cm³/mol. The molecule has 0 amide bonds. The predicted octanol–water partition coefficient (Wildman–Crippen LogP) is 4.74. The molecule has 30 heavy (non-hydrogen) atoms. The largest absolute Gasteiger partial charge is 0.370 e. The first kappa shape index (κ1) is 18.0. The van der Waals surface area contributed by atoms with Gasteiger partial charge in [-0.2, -0.15) is 0 Å². The smallest absolute Gasteiger partial charge is 0.162 e. The third kappa shape index (κ3) is 3.75. The number of benzene rings is 1. The maximum absolute atomic E-state index is 4.76. The van der Waals surface area contributed by atoms with Crippen molar-refractivity contribution in [2.75, 3.05) is 11.9 Å². The second-order valence-electron chi connectivity index (χ2n) is 6.97. The first-order chi connectivity index (χ1) is 14.9. The van der Waals surface area contributed by atoms with Gasteiger partial charge >= 0.3 is 0 Å². The molecule has 5 aromatic rings. The van der Waals surface area contributed by atoms with Gasteiger partial charge in [-0.25, -0.2) is 9.97 Å². The average Bonchev–Trinajstić information content (AvgIpc) is 3.23. The summed E-state index contributed by atoms with van der Waals surface area (Å²) in [6.07, 6.45) is 10.0. The van der Waals surface area contributed by atoms with Crippen molar-refractivity contribution in [3.8, 4) is 22.6 Å². The average molecular weight is 392 g/mol. The van der Waals surface area contributed by atoms with Crippen LogP contribution < -0.4 is 5.32 Å². The summed E-state index contributed by atoms with van der Waals surface area (Å²) in [5.74, 6) is 1.46. The fourth-order valence-corrected chi connectivity index (χ4v) is 3.50. The molecule has 6 nitrogen and oxygen atoms in total. The number of pyridine rings is 2. The lowest BCUT2D eigenvalue weighted by Gasteiger charge is -2.10. The highest BCUT2D eigenvalue weighted by atomic mass is 15.0. The summed E-state index contributed by atoms with van der Waals surface area (Å²) in [6.45, 7) is 0.768. The van der Waals surface area contributed by atoms with Gasteiger partial charge in [-0.05, 0) is 42.3 Å². The minimum absolute atomic E-state index is 0.668. The Kier molecular flexibility index (Phi) is 4.88. The lowest BCUT2D eigenvalue weighted by Crippen LogP contribution is -2.07. The second-order valence-corrected chi connectivity index (χ2v) is 6.97. The molecule has 0 aliphatic heterocycles. The van der Waals surface area contributed by atoms with Gasteiger partial charge in [-0.15, -0.1) is 0 Å². The van der Waals surface area contributed by atoms with Crippen molar-refractivity contribution >= 4 is 16.7 Å². The zero-order valence-corrected chi connectivity index (χ0v) is 16.3. The van der Waals surface area contributed by atoms with Crippen LogP contribution in [0.5, 0.6) is 0 Å². The Labute approximate surface area is 174 Å². The van der Waals surface area contributed by atoms with E-state index in [4.69, 9.17) is 9.97 Å². The highest BCUT2D eigenvalue weighted by molar-refractivity contribution is 5.83. The summed E-state index contributed by atoms with van der Waals surface area (Å²) < 4.78 is 0. The maximum Gasteiger partial charge on any atom is 0.162 e. The van der Waals surface area contributed by atoms with Crippen LogP contribution in [0.3, 0.4) is 0 Å². The minimum atomic E-state index is 0.668. The van der Waals surface area contributed by atoms with Gasteiger partial charge in [0.15, 0.2) is 5.82 Å². The van der Waals surface area contributed by atoms with Gasteiger partial charge in [0.2, 0.25) is 0 Å². The Morgan fingerprint density at radius 2 is 1.53 bits per heavy atom. The maximum atomic E-state index is 4.76. The number of nitrogens with zero attached hydrogens (tertiary/aromatic N) is 4. The number of aromatic amines is 1. The minimum Gasteiger partial charge on any atom is -0.370 e. The Balaban J connectivity index is 1.42. The third-order valence-corrected chi connectivity index (χ3v) is 5.02. The van der Waals surface area contributed by atoms with E-state index in [1.165, 1.54) is 10.9 Å². The number of anilines is 1. The summed E-state index contributed by atoms with van der Waals surface area (Å²) in [7, 11) is 0. The number of fused-ring (bicyclic) bond motifs is 1. The van der Waals surface area contributed by atoms with Crippen molar-refractivity contribution in [2.24, 2.45) is 0 Å². The van der Waals surface area contributed by atoms with E-state index >= 15 is 0 Å². The fourth-order valence-electron chi connectivity index (χ4n) is 3.50. The van der Waals surface area contributed by atoms with Gasteiger partial charge in [-0.3, -0.25) is 9.97 Å². The Morgan fingerprint density at radius 1 is 0.800 bits per heavy atom. The van der Waals surface area contributed by atoms with Crippen LogP contribution in [0.25, 0.3) is 33.5 Å². The van der Waals surface area contributed by atoms with Crippen molar-refractivity contribution in [1.29, 1.82) is 0 Å². The number of hydrogen-bond donors (Lipinski definition) is 2. The molecule has 0 aliphatic carbocycles. The van der Waals surface area contributed by atoms with Crippen LogP contribution in [0.4, 0.5) is 5.82 Å². The van der Waals surface area contributed by atoms with Crippen LogP contribution in [0.1, 0.15) is 5.56 Å². The van der Waals surface area contributed by atoms with Crippen LogP contribution in [0.15, 0.2) is 85.6 Å². The number of H-pyrrole nitrogens is 1. The highest BCUT2D eigenvalue weighted by Gasteiger charge is 2.09. The summed E-state index contributed by atoms with van der Waals surface area (Å²) in [5, 5.41) is 4.73. The monoisotopic (exact) mass is 392 g/mol. The number of para-hydroxylation sites is 1. The number of aromatic nitrogens is 5. The molecule has 0 bridgehead atoms. The summed E-state index contributed by atoms with van der Waals surface area (Å²) in [6, 6.07) is 18.1. The van der Waals surface area contributed by atoms with Crippen LogP contribution >= 0.6 is 0 Å². The second kappa shape index (κ2) is 8.13. The normalized spacial score (nSPS) is 10.9. The highest BCUT2D eigenvalue weighted by Crippen LogP contribution is 2.24. The molecule has 5 rings (SSSR count). The van der Waals surface area contributed by atoms with E-state index in [1.807, 2.05) is 36.4 Å². The van der Waals surface area contributed by atoms with Crippen LogP contribution in [-0.2, 0) is 6.42 Å². The number of rotatable bonds is 6. The van der Waals surface area contributed by atoms with E-state index < -0.39 is 0 Å². The molecule has 0 unspecified atom stereocenters. The Morgan fingerprint density at radius 3 is 2.33 bits per heavy atom. The molecule has 0 saturated heterocycles. The van der Waals surface area contributed by atoms with Crippen LogP contribution in [0, 0.1) is 0 Å². The van der Waals surface area contributed by atoms with Gasteiger partial charge < -0.3 is 10.3 Å². The molecule has 0 saturated carbocycles. The number of nitrogens with one attached hydrogen (secondary N) is 2. The van der Waals surface area contributed by atoms with Crippen molar-refractivity contribution < 1.29 is 0 Å². The molecule has 4 aromatic heterocycles. The molecule has 6 heteroatoms. The van der Waals surface area contributed by atoms with E-state index in [2.05, 4.69) is 44.7 Å². The van der Waals surface area contributed by atoms with Crippen LogP contribution in [0.2, 0.25) is 0 Å². The molecular weight excluding hydrogens is 372 g/mol. The summed E-state index contributed by atoms with van der Waals surface area (Å²) in [4.78, 5) is 21.0. The van der Waals surface area contributed by atoms with E-state index in [-0.39, 0.29) is 0 Å². The zero-order valence-electron chi connectivity index (χ0n) is 16.3. The molecule has 4 heterocycles. The molecule has 0 spiro atoms. The fraction of sp³-hybridized carbons (Fsp3) is 0.0833. The third-order valence-electron chi connectivity index (χ3n) is 5.02. The quantitative estimate of drug-likeness (QED) is 0.436. The zero-order chi connectivity index (χ0) is 20.2. The van der Waals surface area contributed by atoms with Gasteiger partial charge in [-0.1, -0.05) is 18.2 Å². The van der Waals surface area contributed by atoms with Crippen molar-refractivity contribution in [3.05, 3.63) is 91.1 Å². The Hall–Kier alpha value is -4.06. The number of hydrogen-bond acceptors (Lipinski definition) is 5. The van der Waals surface area contributed by atoms with E-state index in [9.17, 15) is 0 Å². The SMILES string of the molecule is c1ccc2c(CCNc3cc(-c4ccncc4)nc(-c4ccncc4)n3)c[nH]c2c1. The molecule has 0 radical (unpaired) electrons. The lowest BCUT2D eigenvalue weighted by atomic mass is 10.1. The summed E-state index contributed by atoms with van der Waals surface area (Å²) in [5.41, 5.74) is 5.24. The first-order valence-corrected chi connectivity index (χ1v) is 9.85. The van der Waals surface area contributed by atoms with Crippen molar-refractivity contribution in [2.45, 2.75) is 6.42 Å².